The maximum Gasteiger partial charge on any atom is 0.145 e. The summed E-state index contributed by atoms with van der Waals surface area (Å²) in [6, 6.07) is 0. The summed E-state index contributed by atoms with van der Waals surface area (Å²) in [4.78, 5) is 13.0. The van der Waals surface area contributed by atoms with E-state index in [2.05, 4.69) is 0 Å². The number of ketones is 1. The predicted octanol–water partition coefficient (Wildman–Crippen LogP) is 4.25. The van der Waals surface area contributed by atoms with Gasteiger partial charge in [0, 0.05) is 10.8 Å². The standard InChI is InChI=1S/C15H24O/c16-13-14(7-1-2-8-14)11-5-6-12-15(13)9-3-4-10-15/h1-12H2. The average molecular weight is 220 g/mol. The van der Waals surface area contributed by atoms with Crippen LogP contribution in [0.2, 0.25) is 0 Å². The van der Waals surface area contributed by atoms with Gasteiger partial charge in [-0.2, -0.15) is 0 Å². The topological polar surface area (TPSA) is 17.1 Å². The van der Waals surface area contributed by atoms with Crippen LogP contribution in [0.1, 0.15) is 77.0 Å². The molecule has 90 valence electrons. The predicted molar refractivity (Wildman–Crippen MR) is 65.3 cm³/mol. The molecule has 0 aromatic carbocycles. The molecule has 1 heteroatoms. The highest BCUT2D eigenvalue weighted by molar-refractivity contribution is 5.91. The first-order valence-corrected chi connectivity index (χ1v) is 7.33. The molecule has 0 N–H and O–H groups in total. The summed E-state index contributed by atoms with van der Waals surface area (Å²) in [7, 11) is 0. The van der Waals surface area contributed by atoms with Gasteiger partial charge in [0.2, 0.25) is 0 Å². The highest BCUT2D eigenvalue weighted by Crippen LogP contribution is 2.55. The maximum atomic E-state index is 13.0. The quantitative estimate of drug-likeness (QED) is 0.596. The Morgan fingerprint density at radius 3 is 1.06 bits per heavy atom. The first-order chi connectivity index (χ1) is 7.78. The van der Waals surface area contributed by atoms with Crippen LogP contribution in [0.25, 0.3) is 0 Å². The van der Waals surface area contributed by atoms with Crippen LogP contribution in [0.4, 0.5) is 0 Å². The fraction of sp³-hybridized carbons (Fsp3) is 0.933. The molecule has 16 heavy (non-hydrogen) atoms. The largest absolute Gasteiger partial charge is 0.298 e. The summed E-state index contributed by atoms with van der Waals surface area (Å²) >= 11 is 0. The summed E-state index contributed by atoms with van der Waals surface area (Å²) in [6.07, 6.45) is 15.2. The monoisotopic (exact) mass is 220 g/mol. The molecule has 0 amide bonds. The second kappa shape index (κ2) is 3.85. The summed E-state index contributed by atoms with van der Waals surface area (Å²) in [5.41, 5.74) is 0.307. The van der Waals surface area contributed by atoms with Gasteiger partial charge in [0.05, 0.1) is 0 Å². The van der Waals surface area contributed by atoms with Gasteiger partial charge in [-0.1, -0.05) is 38.5 Å². The van der Waals surface area contributed by atoms with Gasteiger partial charge in [-0.05, 0) is 38.5 Å². The second-order valence-electron chi connectivity index (χ2n) is 6.51. The molecule has 3 saturated carbocycles. The molecule has 3 fully saturated rings. The third-order valence-corrected chi connectivity index (χ3v) is 5.65. The molecule has 3 rings (SSSR count). The first-order valence-electron chi connectivity index (χ1n) is 7.33. The molecule has 0 atom stereocenters. The first kappa shape index (κ1) is 10.8. The summed E-state index contributed by atoms with van der Waals surface area (Å²) in [5.74, 6) is 0.715. The number of rotatable bonds is 0. The molecule has 0 radical (unpaired) electrons. The number of carbonyl (C=O) groups excluding carboxylic acids is 1. The Kier molecular flexibility index (Phi) is 2.60. The van der Waals surface area contributed by atoms with Gasteiger partial charge in [0.25, 0.3) is 0 Å². The van der Waals surface area contributed by atoms with Gasteiger partial charge in [0.15, 0.2) is 0 Å². The van der Waals surface area contributed by atoms with Crippen LogP contribution in [0.3, 0.4) is 0 Å². The number of Topliss-reactive ketones (excluding diaryl/α,β-unsaturated/α-hetero) is 1. The zero-order valence-corrected chi connectivity index (χ0v) is 10.4. The lowest BCUT2D eigenvalue weighted by atomic mass is 9.67. The minimum absolute atomic E-state index is 0.154. The van der Waals surface area contributed by atoms with Crippen molar-refractivity contribution in [2.45, 2.75) is 77.0 Å². The molecule has 0 unspecified atom stereocenters. The van der Waals surface area contributed by atoms with Gasteiger partial charge in [0.1, 0.15) is 5.78 Å². The molecule has 0 aromatic rings. The minimum Gasteiger partial charge on any atom is -0.298 e. The fourth-order valence-corrected chi connectivity index (χ4v) is 4.77. The van der Waals surface area contributed by atoms with Crippen LogP contribution in [-0.4, -0.2) is 5.78 Å². The van der Waals surface area contributed by atoms with Crippen molar-refractivity contribution in [2.75, 3.05) is 0 Å². The van der Waals surface area contributed by atoms with Crippen molar-refractivity contribution in [3.8, 4) is 0 Å². The van der Waals surface area contributed by atoms with Crippen LogP contribution in [0.5, 0.6) is 0 Å². The van der Waals surface area contributed by atoms with E-state index in [0.717, 1.165) is 0 Å². The fourth-order valence-electron chi connectivity index (χ4n) is 4.77. The van der Waals surface area contributed by atoms with E-state index in [0.29, 0.717) is 5.78 Å². The Bertz CT molecular complexity index is 252. The average Bonchev–Trinajstić information content (AvgIpc) is 2.92. The Morgan fingerprint density at radius 2 is 0.812 bits per heavy atom. The number of hydrogen-bond donors (Lipinski definition) is 0. The minimum atomic E-state index is 0.154. The van der Waals surface area contributed by atoms with E-state index >= 15 is 0 Å². The summed E-state index contributed by atoms with van der Waals surface area (Å²) in [5, 5.41) is 0. The normalized spacial score (nSPS) is 32.4. The van der Waals surface area contributed by atoms with Gasteiger partial charge in [-0.25, -0.2) is 0 Å². The van der Waals surface area contributed by atoms with Crippen LogP contribution >= 0.6 is 0 Å². The van der Waals surface area contributed by atoms with Crippen LogP contribution in [-0.2, 0) is 4.79 Å². The Morgan fingerprint density at radius 1 is 0.562 bits per heavy atom. The smallest absolute Gasteiger partial charge is 0.145 e. The van der Waals surface area contributed by atoms with Crippen LogP contribution in [0, 0.1) is 10.8 Å². The molecule has 3 aliphatic rings. The van der Waals surface area contributed by atoms with Crippen molar-refractivity contribution in [3.63, 3.8) is 0 Å². The van der Waals surface area contributed by atoms with Crippen molar-refractivity contribution in [2.24, 2.45) is 10.8 Å². The van der Waals surface area contributed by atoms with Crippen LogP contribution < -0.4 is 0 Å². The highest BCUT2D eigenvalue weighted by atomic mass is 16.1. The van der Waals surface area contributed by atoms with E-state index in [-0.39, 0.29) is 10.8 Å². The Hall–Kier alpha value is -0.330. The lowest BCUT2D eigenvalue weighted by Gasteiger charge is -2.35. The summed E-state index contributed by atoms with van der Waals surface area (Å²) < 4.78 is 0. The van der Waals surface area contributed by atoms with Gasteiger partial charge in [-0.15, -0.1) is 0 Å². The number of hydrogen-bond acceptors (Lipinski definition) is 1. The molecule has 0 aliphatic heterocycles. The van der Waals surface area contributed by atoms with E-state index < -0.39 is 0 Å². The van der Waals surface area contributed by atoms with Crippen LogP contribution in [0.15, 0.2) is 0 Å². The van der Waals surface area contributed by atoms with E-state index in [9.17, 15) is 4.79 Å². The van der Waals surface area contributed by atoms with Gasteiger partial charge >= 0.3 is 0 Å². The molecule has 0 heterocycles. The zero-order valence-electron chi connectivity index (χ0n) is 10.4. The number of carbonyl (C=O) groups is 1. The third-order valence-electron chi connectivity index (χ3n) is 5.65. The van der Waals surface area contributed by atoms with E-state index in [1.165, 1.54) is 77.0 Å². The van der Waals surface area contributed by atoms with Crippen molar-refractivity contribution in [3.05, 3.63) is 0 Å². The SMILES string of the molecule is O=C1C2(CCCC2)CCCCC12CCCC2. The molecular weight excluding hydrogens is 196 g/mol. The molecule has 1 nitrogen and oxygen atoms in total. The molecule has 2 spiro atoms. The zero-order chi connectivity index (χ0) is 11.1. The van der Waals surface area contributed by atoms with E-state index in [1.807, 2.05) is 0 Å². The van der Waals surface area contributed by atoms with E-state index in [4.69, 9.17) is 0 Å². The van der Waals surface area contributed by atoms with Crippen molar-refractivity contribution in [1.29, 1.82) is 0 Å². The summed E-state index contributed by atoms with van der Waals surface area (Å²) in [6.45, 7) is 0. The maximum absolute atomic E-state index is 13.0. The third kappa shape index (κ3) is 1.47. The Labute approximate surface area is 99.0 Å². The lowest BCUT2D eigenvalue weighted by Crippen LogP contribution is -2.39. The molecular formula is C15H24O. The molecule has 3 aliphatic carbocycles. The van der Waals surface area contributed by atoms with Gasteiger partial charge < -0.3 is 0 Å². The van der Waals surface area contributed by atoms with Crippen molar-refractivity contribution < 1.29 is 4.79 Å². The van der Waals surface area contributed by atoms with Crippen molar-refractivity contribution in [1.82, 2.24) is 0 Å². The lowest BCUT2D eigenvalue weighted by molar-refractivity contribution is -0.138. The van der Waals surface area contributed by atoms with Gasteiger partial charge in [-0.3, -0.25) is 4.79 Å². The molecule has 0 bridgehead atoms. The van der Waals surface area contributed by atoms with Crippen molar-refractivity contribution >= 4 is 5.78 Å². The molecule has 0 aromatic heterocycles. The van der Waals surface area contributed by atoms with E-state index in [1.54, 1.807) is 0 Å². The highest BCUT2D eigenvalue weighted by Gasteiger charge is 2.52. The second-order valence-corrected chi connectivity index (χ2v) is 6.51. The molecule has 0 saturated heterocycles. The Balaban J connectivity index is 1.92.